The number of aromatic amines is 1. The quantitative estimate of drug-likeness (QED) is 0.161. The first-order chi connectivity index (χ1) is 19.9. The van der Waals surface area contributed by atoms with E-state index in [9.17, 15) is 27.2 Å². The highest BCUT2D eigenvalue weighted by molar-refractivity contribution is 6.30. The van der Waals surface area contributed by atoms with E-state index in [1.807, 2.05) is 13.8 Å². The molecule has 1 aliphatic rings. The van der Waals surface area contributed by atoms with Gasteiger partial charge in [0.2, 0.25) is 12.3 Å². The summed E-state index contributed by atoms with van der Waals surface area (Å²) < 4.78 is 54.4. The normalized spacial score (nSPS) is 14.7. The summed E-state index contributed by atoms with van der Waals surface area (Å²) in [6.07, 6.45) is -1.66. The second-order valence-electron chi connectivity index (χ2n) is 10.6. The molecule has 0 bridgehead atoms. The second kappa shape index (κ2) is 11.5. The van der Waals surface area contributed by atoms with Crippen molar-refractivity contribution in [2.24, 2.45) is 0 Å². The average Bonchev–Trinajstić information content (AvgIpc) is 3.27. The fourth-order valence-corrected chi connectivity index (χ4v) is 5.10. The van der Waals surface area contributed by atoms with Crippen LogP contribution in [-0.2, 0) is 11.2 Å². The van der Waals surface area contributed by atoms with Gasteiger partial charge < -0.3 is 20.9 Å². The van der Waals surface area contributed by atoms with Crippen LogP contribution in [0.3, 0.4) is 0 Å². The van der Waals surface area contributed by atoms with E-state index in [4.69, 9.17) is 11.6 Å². The van der Waals surface area contributed by atoms with Crippen LogP contribution in [0.5, 0.6) is 0 Å². The lowest BCUT2D eigenvalue weighted by molar-refractivity contribution is -0.118. The SMILES string of the molecule is CC1(C)Cc2[nH]c(-c3ccnc(NC(=O)C(CC(F)F)c4ccc(F)cc4)c3)c(Nc3ccc(Cl)c(F)c3)c2C(=O)N1. The number of pyridine rings is 1. The van der Waals surface area contributed by atoms with Crippen LogP contribution in [0.2, 0.25) is 5.02 Å². The Bertz CT molecular complexity index is 1660. The molecule has 218 valence electrons. The zero-order valence-corrected chi connectivity index (χ0v) is 23.3. The van der Waals surface area contributed by atoms with E-state index >= 15 is 0 Å². The molecule has 4 aromatic rings. The lowest BCUT2D eigenvalue weighted by Crippen LogP contribution is -2.49. The molecular formula is C30H26ClF4N5O2. The van der Waals surface area contributed by atoms with Gasteiger partial charge >= 0.3 is 0 Å². The highest BCUT2D eigenvalue weighted by Crippen LogP contribution is 2.39. The molecular weight excluding hydrogens is 574 g/mol. The third kappa shape index (κ3) is 6.25. The summed E-state index contributed by atoms with van der Waals surface area (Å²) in [7, 11) is 0. The van der Waals surface area contributed by atoms with Gasteiger partial charge in [-0.1, -0.05) is 23.7 Å². The zero-order valence-electron chi connectivity index (χ0n) is 22.5. The van der Waals surface area contributed by atoms with Gasteiger partial charge in [-0.2, -0.15) is 0 Å². The summed E-state index contributed by atoms with van der Waals surface area (Å²) in [4.78, 5) is 33.8. The standard InChI is InChI=1S/C30H26ClF4N5O2/c1-30(2)14-22-25(29(42)40-30)27(37-18-7-8-20(31)21(33)12-18)26(38-22)16-9-10-36-24(11-16)39-28(41)19(13-23(34)35)15-3-5-17(32)6-4-15/h3-12,19,23,37-38H,13-14H2,1-2H3,(H,40,42)(H,36,39,41). The van der Waals surface area contributed by atoms with Crippen LogP contribution in [-0.4, -0.2) is 33.7 Å². The monoisotopic (exact) mass is 599 g/mol. The molecule has 2 amide bonds. The Morgan fingerprint density at radius 1 is 1.10 bits per heavy atom. The molecule has 1 unspecified atom stereocenters. The minimum atomic E-state index is -2.78. The highest BCUT2D eigenvalue weighted by atomic mass is 35.5. The third-order valence-electron chi connectivity index (χ3n) is 6.87. The van der Waals surface area contributed by atoms with Crippen molar-refractivity contribution >= 4 is 40.6 Å². The number of fused-ring (bicyclic) bond motifs is 1. The number of H-pyrrole nitrogens is 1. The van der Waals surface area contributed by atoms with Gasteiger partial charge in [-0.15, -0.1) is 0 Å². The highest BCUT2D eigenvalue weighted by Gasteiger charge is 2.35. The minimum Gasteiger partial charge on any atom is -0.356 e. The van der Waals surface area contributed by atoms with Gasteiger partial charge in [0.05, 0.1) is 27.9 Å². The minimum absolute atomic E-state index is 0.0586. The molecule has 0 saturated heterocycles. The maximum atomic E-state index is 14.2. The van der Waals surface area contributed by atoms with E-state index in [0.717, 1.165) is 12.1 Å². The molecule has 0 spiro atoms. The molecule has 5 rings (SSSR count). The van der Waals surface area contributed by atoms with E-state index in [0.29, 0.717) is 40.3 Å². The number of benzene rings is 2. The van der Waals surface area contributed by atoms with Gasteiger partial charge in [0.25, 0.3) is 5.91 Å². The number of carbonyl (C=O) groups excluding carboxylic acids is 2. The molecule has 42 heavy (non-hydrogen) atoms. The first-order valence-electron chi connectivity index (χ1n) is 13.0. The van der Waals surface area contributed by atoms with Crippen molar-refractivity contribution in [2.75, 3.05) is 10.6 Å². The number of hydrogen-bond acceptors (Lipinski definition) is 4. The summed E-state index contributed by atoms with van der Waals surface area (Å²) in [6, 6.07) is 12.1. The Balaban J connectivity index is 1.51. The predicted molar refractivity (Wildman–Crippen MR) is 152 cm³/mol. The van der Waals surface area contributed by atoms with E-state index in [1.165, 1.54) is 36.5 Å². The number of amides is 2. The van der Waals surface area contributed by atoms with Gasteiger partial charge in [0, 0.05) is 41.5 Å². The van der Waals surface area contributed by atoms with Crippen LogP contribution in [0.1, 0.15) is 47.8 Å². The zero-order chi connectivity index (χ0) is 30.2. The molecule has 2 aromatic heterocycles. The van der Waals surface area contributed by atoms with E-state index in [-0.39, 0.29) is 22.3 Å². The van der Waals surface area contributed by atoms with Crippen LogP contribution < -0.4 is 16.0 Å². The number of aromatic nitrogens is 2. The van der Waals surface area contributed by atoms with Crippen LogP contribution >= 0.6 is 11.6 Å². The van der Waals surface area contributed by atoms with Crippen molar-refractivity contribution in [1.29, 1.82) is 0 Å². The second-order valence-corrected chi connectivity index (χ2v) is 11.1. The van der Waals surface area contributed by atoms with Crippen molar-refractivity contribution < 1.29 is 27.2 Å². The number of alkyl halides is 2. The summed E-state index contributed by atoms with van der Waals surface area (Å²) in [5.74, 6) is -3.46. The van der Waals surface area contributed by atoms with E-state index < -0.39 is 41.8 Å². The molecule has 1 atom stereocenters. The number of halogens is 5. The lowest BCUT2D eigenvalue weighted by Gasteiger charge is -2.30. The Labute approximate surface area is 243 Å². The van der Waals surface area contributed by atoms with Crippen molar-refractivity contribution in [3.8, 4) is 11.3 Å². The topological polar surface area (TPSA) is 98.9 Å². The number of nitrogens with zero attached hydrogens (tertiary/aromatic N) is 1. The van der Waals surface area contributed by atoms with Crippen LogP contribution in [0.25, 0.3) is 11.3 Å². The van der Waals surface area contributed by atoms with Crippen molar-refractivity contribution in [3.05, 3.63) is 94.3 Å². The Hall–Kier alpha value is -4.38. The molecule has 12 heteroatoms. The lowest BCUT2D eigenvalue weighted by atomic mass is 9.91. The van der Waals surface area contributed by atoms with Crippen LogP contribution in [0.4, 0.5) is 34.8 Å². The average molecular weight is 600 g/mol. The third-order valence-corrected chi connectivity index (χ3v) is 7.17. The first kappa shape index (κ1) is 29.1. The first-order valence-corrected chi connectivity index (χ1v) is 13.4. The number of carbonyl (C=O) groups is 2. The molecule has 0 saturated carbocycles. The van der Waals surface area contributed by atoms with Crippen LogP contribution in [0.15, 0.2) is 60.8 Å². The largest absolute Gasteiger partial charge is 0.356 e. The Morgan fingerprint density at radius 3 is 2.52 bits per heavy atom. The number of rotatable bonds is 8. The van der Waals surface area contributed by atoms with Crippen LogP contribution in [0, 0.1) is 11.6 Å². The molecule has 1 aliphatic heterocycles. The van der Waals surface area contributed by atoms with Gasteiger partial charge in [-0.05, 0) is 61.9 Å². The molecule has 2 aromatic carbocycles. The Morgan fingerprint density at radius 2 is 1.83 bits per heavy atom. The fourth-order valence-electron chi connectivity index (χ4n) is 4.99. The molecule has 0 radical (unpaired) electrons. The van der Waals surface area contributed by atoms with Gasteiger partial charge in [0.1, 0.15) is 17.5 Å². The smallest absolute Gasteiger partial charge is 0.255 e. The number of hydrogen-bond donors (Lipinski definition) is 4. The van der Waals surface area contributed by atoms with Gasteiger partial charge in [0.15, 0.2) is 0 Å². The van der Waals surface area contributed by atoms with E-state index in [1.54, 1.807) is 12.1 Å². The molecule has 0 fully saturated rings. The van der Waals surface area contributed by atoms with Crippen molar-refractivity contribution in [1.82, 2.24) is 15.3 Å². The number of nitrogens with one attached hydrogen (secondary N) is 4. The summed E-state index contributed by atoms with van der Waals surface area (Å²) in [5, 5.41) is 8.60. The molecule has 0 aliphatic carbocycles. The van der Waals surface area contributed by atoms with Gasteiger partial charge in [-0.25, -0.2) is 22.5 Å². The maximum Gasteiger partial charge on any atom is 0.255 e. The van der Waals surface area contributed by atoms with Crippen molar-refractivity contribution in [3.63, 3.8) is 0 Å². The summed E-state index contributed by atoms with van der Waals surface area (Å²) in [5.41, 5.74) is 2.36. The van der Waals surface area contributed by atoms with E-state index in [2.05, 4.69) is 25.9 Å². The molecule has 4 N–H and O–H groups in total. The van der Waals surface area contributed by atoms with Gasteiger partial charge in [-0.3, -0.25) is 9.59 Å². The Kier molecular flexibility index (Phi) is 7.96. The molecule has 3 heterocycles. The molecule has 7 nitrogen and oxygen atoms in total. The summed E-state index contributed by atoms with van der Waals surface area (Å²) >= 11 is 5.84. The maximum absolute atomic E-state index is 14.2. The number of anilines is 3. The van der Waals surface area contributed by atoms with Crippen molar-refractivity contribution in [2.45, 2.75) is 44.6 Å². The predicted octanol–water partition coefficient (Wildman–Crippen LogP) is 7.19. The fraction of sp³-hybridized carbons (Fsp3) is 0.233. The summed E-state index contributed by atoms with van der Waals surface area (Å²) in [6.45, 7) is 3.76.